The maximum absolute atomic E-state index is 11.1. The molecule has 1 unspecified atom stereocenters. The Morgan fingerprint density at radius 2 is 2.11 bits per heavy atom. The molecular formula is C12H18BrNO2S2. The van der Waals surface area contributed by atoms with Gasteiger partial charge >= 0.3 is 0 Å². The number of rotatable bonds is 6. The number of halogens is 1. The van der Waals surface area contributed by atoms with Gasteiger partial charge in [-0.25, -0.2) is 8.42 Å². The first-order chi connectivity index (χ1) is 8.33. The molecule has 0 aliphatic heterocycles. The molecular weight excluding hydrogens is 334 g/mol. The lowest BCUT2D eigenvalue weighted by Crippen LogP contribution is -2.13. The third-order valence-electron chi connectivity index (χ3n) is 2.58. The van der Waals surface area contributed by atoms with Gasteiger partial charge in [0.15, 0.2) is 0 Å². The molecule has 0 spiro atoms. The van der Waals surface area contributed by atoms with Crippen molar-refractivity contribution in [1.29, 1.82) is 0 Å². The predicted octanol–water partition coefficient (Wildman–Crippen LogP) is 2.87. The zero-order valence-electron chi connectivity index (χ0n) is 10.7. The molecule has 0 saturated heterocycles. The second-order valence-electron chi connectivity index (χ2n) is 4.17. The standard InChI is InChI=1S/C12H18BrNO2S2/c1-9(14-2)11-8-10(13)4-5-12(11)17-6-7-18(3,15)16/h4-5,8-9,14H,6-7H2,1-3H3. The van der Waals surface area contributed by atoms with E-state index in [0.29, 0.717) is 5.75 Å². The molecule has 0 bridgehead atoms. The molecule has 0 radical (unpaired) electrons. The van der Waals surface area contributed by atoms with Crippen molar-refractivity contribution in [1.82, 2.24) is 5.32 Å². The maximum Gasteiger partial charge on any atom is 0.148 e. The van der Waals surface area contributed by atoms with Crippen molar-refractivity contribution in [2.45, 2.75) is 17.9 Å². The summed E-state index contributed by atoms with van der Waals surface area (Å²) in [6.07, 6.45) is 1.27. The van der Waals surface area contributed by atoms with E-state index >= 15 is 0 Å². The average Bonchev–Trinajstić information content (AvgIpc) is 2.28. The minimum atomic E-state index is -2.89. The molecule has 1 aromatic carbocycles. The number of benzene rings is 1. The molecule has 0 heterocycles. The summed E-state index contributed by atoms with van der Waals surface area (Å²) in [5.74, 6) is 0.797. The minimum Gasteiger partial charge on any atom is -0.313 e. The molecule has 0 aliphatic carbocycles. The molecule has 0 fully saturated rings. The van der Waals surface area contributed by atoms with Gasteiger partial charge in [-0.3, -0.25) is 0 Å². The van der Waals surface area contributed by atoms with Gasteiger partial charge in [-0.1, -0.05) is 15.9 Å². The molecule has 1 N–H and O–H groups in total. The lowest BCUT2D eigenvalue weighted by Gasteiger charge is -2.16. The number of thioether (sulfide) groups is 1. The SMILES string of the molecule is CNC(C)c1cc(Br)ccc1SCCS(C)(=O)=O. The molecule has 1 aromatic rings. The van der Waals surface area contributed by atoms with Crippen LogP contribution in [0.25, 0.3) is 0 Å². The molecule has 0 aromatic heterocycles. The predicted molar refractivity (Wildman–Crippen MR) is 82.1 cm³/mol. The van der Waals surface area contributed by atoms with E-state index in [1.807, 2.05) is 19.2 Å². The Morgan fingerprint density at radius 1 is 1.44 bits per heavy atom. The van der Waals surface area contributed by atoms with Gasteiger partial charge < -0.3 is 5.32 Å². The number of hydrogen-bond acceptors (Lipinski definition) is 4. The van der Waals surface area contributed by atoms with Crippen molar-refractivity contribution in [3.05, 3.63) is 28.2 Å². The second kappa shape index (κ2) is 6.93. The highest BCUT2D eigenvalue weighted by atomic mass is 79.9. The monoisotopic (exact) mass is 351 g/mol. The highest BCUT2D eigenvalue weighted by Gasteiger charge is 2.11. The first-order valence-electron chi connectivity index (χ1n) is 5.60. The molecule has 1 atom stereocenters. The highest BCUT2D eigenvalue weighted by molar-refractivity contribution is 9.10. The lowest BCUT2D eigenvalue weighted by atomic mass is 10.1. The fourth-order valence-electron chi connectivity index (χ4n) is 1.45. The Balaban J connectivity index is 2.81. The van der Waals surface area contributed by atoms with Crippen LogP contribution in [-0.2, 0) is 9.84 Å². The van der Waals surface area contributed by atoms with Gasteiger partial charge in [-0.2, -0.15) is 0 Å². The zero-order chi connectivity index (χ0) is 13.8. The van der Waals surface area contributed by atoms with Crippen LogP contribution in [0.5, 0.6) is 0 Å². The second-order valence-corrected chi connectivity index (χ2v) is 8.48. The molecule has 6 heteroatoms. The topological polar surface area (TPSA) is 46.2 Å². The van der Waals surface area contributed by atoms with Crippen LogP contribution in [0.1, 0.15) is 18.5 Å². The van der Waals surface area contributed by atoms with E-state index in [4.69, 9.17) is 0 Å². The normalized spacial score (nSPS) is 13.6. The van der Waals surface area contributed by atoms with Gasteiger partial charge in [0.2, 0.25) is 0 Å². The largest absolute Gasteiger partial charge is 0.313 e. The van der Waals surface area contributed by atoms with Crippen LogP contribution in [-0.4, -0.2) is 33.2 Å². The van der Waals surface area contributed by atoms with Crippen LogP contribution in [0.2, 0.25) is 0 Å². The summed E-state index contributed by atoms with van der Waals surface area (Å²) in [6.45, 7) is 2.09. The summed E-state index contributed by atoms with van der Waals surface area (Å²) in [5, 5.41) is 3.20. The number of nitrogens with one attached hydrogen (secondary N) is 1. The van der Waals surface area contributed by atoms with E-state index in [0.717, 1.165) is 9.37 Å². The summed E-state index contributed by atoms with van der Waals surface area (Å²) < 4.78 is 23.3. The third-order valence-corrected chi connectivity index (χ3v) is 5.37. The van der Waals surface area contributed by atoms with Crippen molar-refractivity contribution < 1.29 is 8.42 Å². The maximum atomic E-state index is 11.1. The van der Waals surface area contributed by atoms with E-state index in [1.165, 1.54) is 11.8 Å². The lowest BCUT2D eigenvalue weighted by molar-refractivity contribution is 0.603. The summed E-state index contributed by atoms with van der Waals surface area (Å²) in [4.78, 5) is 1.13. The number of hydrogen-bond donors (Lipinski definition) is 1. The Labute approximate surface area is 122 Å². The van der Waals surface area contributed by atoms with E-state index in [2.05, 4.69) is 34.2 Å². The first-order valence-corrected chi connectivity index (χ1v) is 9.44. The molecule has 102 valence electrons. The van der Waals surface area contributed by atoms with Crippen LogP contribution in [0.4, 0.5) is 0 Å². The van der Waals surface area contributed by atoms with Crippen molar-refractivity contribution in [3.63, 3.8) is 0 Å². The van der Waals surface area contributed by atoms with Crippen molar-refractivity contribution in [3.8, 4) is 0 Å². The van der Waals surface area contributed by atoms with Crippen molar-refractivity contribution in [2.24, 2.45) is 0 Å². The van der Waals surface area contributed by atoms with Gasteiger partial charge in [0.05, 0.1) is 5.75 Å². The fraction of sp³-hybridized carbons (Fsp3) is 0.500. The van der Waals surface area contributed by atoms with Crippen molar-refractivity contribution in [2.75, 3.05) is 24.8 Å². The number of sulfone groups is 1. The van der Waals surface area contributed by atoms with Crippen LogP contribution in [0.3, 0.4) is 0 Å². The quantitative estimate of drug-likeness (QED) is 0.800. The van der Waals surface area contributed by atoms with Crippen LogP contribution < -0.4 is 5.32 Å². The summed E-state index contributed by atoms with van der Waals surface area (Å²) in [7, 11) is -0.974. The molecule has 18 heavy (non-hydrogen) atoms. The van der Waals surface area contributed by atoms with E-state index < -0.39 is 9.84 Å². The average molecular weight is 352 g/mol. The first kappa shape index (κ1) is 16.0. The van der Waals surface area contributed by atoms with Crippen LogP contribution >= 0.6 is 27.7 Å². The van der Waals surface area contributed by atoms with Gasteiger partial charge in [0, 0.05) is 27.4 Å². The van der Waals surface area contributed by atoms with Crippen LogP contribution in [0, 0.1) is 0 Å². The summed E-state index contributed by atoms with van der Waals surface area (Å²) in [6, 6.07) is 6.32. The van der Waals surface area contributed by atoms with Gasteiger partial charge in [-0.05, 0) is 37.7 Å². The zero-order valence-corrected chi connectivity index (χ0v) is 14.0. The smallest absolute Gasteiger partial charge is 0.148 e. The Kier molecular flexibility index (Phi) is 6.17. The Bertz CT molecular complexity index is 503. The fourth-order valence-corrected chi connectivity index (χ4v) is 4.16. The van der Waals surface area contributed by atoms with Gasteiger partial charge in [0.25, 0.3) is 0 Å². The van der Waals surface area contributed by atoms with E-state index in [1.54, 1.807) is 11.8 Å². The molecule has 0 saturated carbocycles. The summed E-state index contributed by atoms with van der Waals surface area (Å²) >= 11 is 5.05. The summed E-state index contributed by atoms with van der Waals surface area (Å²) in [5.41, 5.74) is 1.19. The Hall–Kier alpha value is -0.0400. The van der Waals surface area contributed by atoms with E-state index in [9.17, 15) is 8.42 Å². The van der Waals surface area contributed by atoms with Gasteiger partial charge in [0.1, 0.15) is 9.84 Å². The molecule has 3 nitrogen and oxygen atoms in total. The molecule has 0 amide bonds. The Morgan fingerprint density at radius 3 is 2.67 bits per heavy atom. The minimum absolute atomic E-state index is 0.209. The van der Waals surface area contributed by atoms with Crippen molar-refractivity contribution >= 4 is 37.5 Å². The van der Waals surface area contributed by atoms with Gasteiger partial charge in [-0.15, -0.1) is 11.8 Å². The highest BCUT2D eigenvalue weighted by Crippen LogP contribution is 2.30. The molecule has 0 aliphatic rings. The third kappa shape index (κ3) is 5.30. The molecule has 1 rings (SSSR count). The van der Waals surface area contributed by atoms with Crippen LogP contribution in [0.15, 0.2) is 27.6 Å². The van der Waals surface area contributed by atoms with E-state index in [-0.39, 0.29) is 11.8 Å².